The minimum atomic E-state index is -0.142. The van der Waals surface area contributed by atoms with Gasteiger partial charge in [-0.1, -0.05) is 31.9 Å². The molecule has 0 heterocycles. The van der Waals surface area contributed by atoms with Gasteiger partial charge in [0, 0.05) is 10.9 Å². The highest BCUT2D eigenvalue weighted by molar-refractivity contribution is 7.99. The molecule has 1 rings (SSSR count). The SMILES string of the molecule is CCCCCSc1c(F)cccc1C(C)N. The molecule has 1 aromatic rings. The minimum absolute atomic E-state index is 0.107. The normalized spacial score (nSPS) is 12.8. The van der Waals surface area contributed by atoms with Crippen LogP contribution in [0, 0.1) is 5.82 Å². The Bertz CT molecular complexity index is 326. The van der Waals surface area contributed by atoms with Gasteiger partial charge in [0.25, 0.3) is 0 Å². The van der Waals surface area contributed by atoms with Gasteiger partial charge in [-0.25, -0.2) is 4.39 Å². The molecule has 16 heavy (non-hydrogen) atoms. The van der Waals surface area contributed by atoms with E-state index >= 15 is 0 Å². The van der Waals surface area contributed by atoms with Gasteiger partial charge in [-0.2, -0.15) is 0 Å². The fourth-order valence-electron chi connectivity index (χ4n) is 1.56. The van der Waals surface area contributed by atoms with E-state index in [1.165, 1.54) is 18.9 Å². The average molecular weight is 241 g/mol. The van der Waals surface area contributed by atoms with Crippen molar-refractivity contribution in [3.8, 4) is 0 Å². The molecular formula is C13H20FNS. The average Bonchev–Trinajstić information content (AvgIpc) is 2.25. The van der Waals surface area contributed by atoms with Crippen LogP contribution in [0.5, 0.6) is 0 Å². The van der Waals surface area contributed by atoms with E-state index in [0.717, 1.165) is 22.6 Å². The lowest BCUT2D eigenvalue weighted by molar-refractivity contribution is 0.591. The summed E-state index contributed by atoms with van der Waals surface area (Å²) in [6.07, 6.45) is 3.53. The Hall–Kier alpha value is -0.540. The summed E-state index contributed by atoms with van der Waals surface area (Å²) in [5, 5.41) is 0. The van der Waals surface area contributed by atoms with E-state index in [-0.39, 0.29) is 11.9 Å². The van der Waals surface area contributed by atoms with Gasteiger partial charge in [-0.05, 0) is 30.7 Å². The molecule has 2 N–H and O–H groups in total. The van der Waals surface area contributed by atoms with Crippen LogP contribution in [-0.4, -0.2) is 5.75 Å². The Kier molecular flexibility index (Phi) is 5.85. The third-order valence-electron chi connectivity index (χ3n) is 2.48. The second-order valence-electron chi connectivity index (χ2n) is 4.00. The van der Waals surface area contributed by atoms with Crippen LogP contribution in [0.1, 0.15) is 44.7 Å². The lowest BCUT2D eigenvalue weighted by atomic mass is 10.1. The molecule has 0 radical (unpaired) electrons. The van der Waals surface area contributed by atoms with Crippen molar-refractivity contribution in [1.29, 1.82) is 0 Å². The van der Waals surface area contributed by atoms with Crippen molar-refractivity contribution in [2.45, 2.75) is 44.0 Å². The Morgan fingerprint density at radius 1 is 1.38 bits per heavy atom. The van der Waals surface area contributed by atoms with Crippen LogP contribution in [0.15, 0.2) is 23.1 Å². The number of nitrogens with two attached hydrogens (primary N) is 1. The molecule has 0 saturated carbocycles. The smallest absolute Gasteiger partial charge is 0.137 e. The maximum atomic E-state index is 13.6. The summed E-state index contributed by atoms with van der Waals surface area (Å²) in [6.45, 7) is 4.06. The van der Waals surface area contributed by atoms with Crippen molar-refractivity contribution in [3.05, 3.63) is 29.6 Å². The zero-order chi connectivity index (χ0) is 12.0. The summed E-state index contributed by atoms with van der Waals surface area (Å²) in [6, 6.07) is 5.04. The van der Waals surface area contributed by atoms with E-state index in [1.807, 2.05) is 13.0 Å². The molecule has 0 saturated heterocycles. The third-order valence-corrected chi connectivity index (χ3v) is 3.69. The fourth-order valence-corrected chi connectivity index (χ4v) is 2.74. The van der Waals surface area contributed by atoms with Gasteiger partial charge in [0.2, 0.25) is 0 Å². The highest BCUT2D eigenvalue weighted by Gasteiger charge is 2.11. The summed E-state index contributed by atoms with van der Waals surface area (Å²) >= 11 is 1.59. The van der Waals surface area contributed by atoms with Crippen molar-refractivity contribution in [1.82, 2.24) is 0 Å². The number of hydrogen-bond acceptors (Lipinski definition) is 2. The molecule has 0 spiro atoms. The van der Waals surface area contributed by atoms with Gasteiger partial charge in [0.1, 0.15) is 5.82 Å². The zero-order valence-electron chi connectivity index (χ0n) is 10.0. The van der Waals surface area contributed by atoms with Gasteiger partial charge >= 0.3 is 0 Å². The maximum Gasteiger partial charge on any atom is 0.137 e. The Morgan fingerprint density at radius 3 is 2.75 bits per heavy atom. The van der Waals surface area contributed by atoms with E-state index in [4.69, 9.17) is 5.73 Å². The minimum Gasteiger partial charge on any atom is -0.324 e. The molecule has 0 fully saturated rings. The zero-order valence-corrected chi connectivity index (χ0v) is 10.8. The van der Waals surface area contributed by atoms with Crippen LogP contribution in [0.25, 0.3) is 0 Å². The van der Waals surface area contributed by atoms with Crippen LogP contribution in [0.2, 0.25) is 0 Å². The summed E-state index contributed by atoms with van der Waals surface area (Å²) < 4.78 is 13.6. The van der Waals surface area contributed by atoms with E-state index in [0.29, 0.717) is 0 Å². The Labute approximate surface area is 102 Å². The lowest BCUT2D eigenvalue weighted by Gasteiger charge is -2.12. The largest absolute Gasteiger partial charge is 0.324 e. The molecule has 0 aliphatic carbocycles. The van der Waals surface area contributed by atoms with Crippen LogP contribution in [0.4, 0.5) is 4.39 Å². The summed E-state index contributed by atoms with van der Waals surface area (Å²) in [7, 11) is 0. The highest BCUT2D eigenvalue weighted by Crippen LogP contribution is 2.30. The third kappa shape index (κ3) is 3.80. The van der Waals surface area contributed by atoms with Gasteiger partial charge in [-0.15, -0.1) is 11.8 Å². The first-order chi connectivity index (χ1) is 7.66. The van der Waals surface area contributed by atoms with E-state index in [1.54, 1.807) is 17.8 Å². The van der Waals surface area contributed by atoms with Crippen molar-refractivity contribution in [2.24, 2.45) is 5.73 Å². The van der Waals surface area contributed by atoms with Crippen molar-refractivity contribution < 1.29 is 4.39 Å². The molecule has 0 bridgehead atoms. The monoisotopic (exact) mass is 241 g/mol. The van der Waals surface area contributed by atoms with E-state index in [2.05, 4.69) is 6.92 Å². The Balaban J connectivity index is 2.69. The predicted octanol–water partition coefficient (Wildman–Crippen LogP) is 4.13. The molecule has 1 unspecified atom stereocenters. The predicted molar refractivity (Wildman–Crippen MR) is 69.3 cm³/mol. The highest BCUT2D eigenvalue weighted by atomic mass is 32.2. The van der Waals surface area contributed by atoms with Gasteiger partial charge in [0.05, 0.1) is 0 Å². The molecule has 1 nitrogen and oxygen atoms in total. The van der Waals surface area contributed by atoms with Crippen molar-refractivity contribution in [3.63, 3.8) is 0 Å². The molecule has 0 aliphatic heterocycles. The van der Waals surface area contributed by atoms with E-state index < -0.39 is 0 Å². The second kappa shape index (κ2) is 6.92. The first kappa shape index (κ1) is 13.5. The quantitative estimate of drug-likeness (QED) is 0.598. The lowest BCUT2D eigenvalue weighted by Crippen LogP contribution is -2.07. The molecule has 1 aromatic carbocycles. The molecule has 0 aliphatic rings. The number of unbranched alkanes of at least 4 members (excludes halogenated alkanes) is 2. The molecule has 0 aromatic heterocycles. The number of benzene rings is 1. The molecule has 3 heteroatoms. The Morgan fingerprint density at radius 2 is 2.12 bits per heavy atom. The van der Waals surface area contributed by atoms with E-state index in [9.17, 15) is 4.39 Å². The standard InChI is InChI=1S/C13H20FNS/c1-3-4-5-9-16-13-11(10(2)15)7-6-8-12(13)14/h6-8,10H,3-5,9,15H2,1-2H3. The number of halogens is 1. The molecule has 1 atom stereocenters. The van der Waals surface area contributed by atoms with Crippen LogP contribution in [-0.2, 0) is 0 Å². The van der Waals surface area contributed by atoms with Crippen molar-refractivity contribution in [2.75, 3.05) is 5.75 Å². The number of hydrogen-bond donors (Lipinski definition) is 1. The molecular weight excluding hydrogens is 221 g/mol. The van der Waals surface area contributed by atoms with Crippen LogP contribution in [0.3, 0.4) is 0 Å². The maximum absolute atomic E-state index is 13.6. The molecule has 0 amide bonds. The van der Waals surface area contributed by atoms with Crippen LogP contribution < -0.4 is 5.73 Å². The van der Waals surface area contributed by atoms with Gasteiger partial charge < -0.3 is 5.73 Å². The number of rotatable bonds is 6. The molecule has 90 valence electrons. The first-order valence-corrected chi connectivity index (χ1v) is 6.82. The second-order valence-corrected chi connectivity index (χ2v) is 5.11. The van der Waals surface area contributed by atoms with Gasteiger partial charge in [0.15, 0.2) is 0 Å². The first-order valence-electron chi connectivity index (χ1n) is 5.83. The summed E-state index contributed by atoms with van der Waals surface area (Å²) in [5.41, 5.74) is 6.75. The summed E-state index contributed by atoms with van der Waals surface area (Å²) in [5.74, 6) is 0.824. The number of thioether (sulfide) groups is 1. The van der Waals surface area contributed by atoms with Crippen LogP contribution >= 0.6 is 11.8 Å². The fraction of sp³-hybridized carbons (Fsp3) is 0.538. The summed E-state index contributed by atoms with van der Waals surface area (Å²) in [4.78, 5) is 0.730. The van der Waals surface area contributed by atoms with Crippen molar-refractivity contribution >= 4 is 11.8 Å². The van der Waals surface area contributed by atoms with Gasteiger partial charge in [-0.3, -0.25) is 0 Å². The topological polar surface area (TPSA) is 26.0 Å².